The minimum absolute atomic E-state index is 0.0781. The molecule has 1 aromatic carbocycles. The third-order valence-corrected chi connectivity index (χ3v) is 4.62. The van der Waals surface area contributed by atoms with E-state index in [4.69, 9.17) is 0 Å². The second-order valence-electron chi connectivity index (χ2n) is 4.46. The second kappa shape index (κ2) is 6.82. The molecule has 0 atom stereocenters. The molecule has 1 heterocycles. The number of anilines is 1. The molecule has 0 spiro atoms. The van der Waals surface area contributed by atoms with Crippen molar-refractivity contribution in [3.63, 3.8) is 0 Å². The van der Waals surface area contributed by atoms with E-state index in [2.05, 4.69) is 31.5 Å². The van der Waals surface area contributed by atoms with Crippen molar-refractivity contribution in [1.82, 2.24) is 10.3 Å². The van der Waals surface area contributed by atoms with Crippen molar-refractivity contribution >= 4 is 44.8 Å². The number of nitrogens with zero attached hydrogens (tertiary/aromatic N) is 1. The van der Waals surface area contributed by atoms with Gasteiger partial charge in [0.2, 0.25) is 5.91 Å². The average Bonchev–Trinajstić information content (AvgIpc) is 2.86. The highest BCUT2D eigenvalue weighted by Gasteiger charge is 2.12. The lowest BCUT2D eigenvalue weighted by Gasteiger charge is -2.08. The Morgan fingerprint density at radius 2 is 2.10 bits per heavy atom. The molecule has 7 heteroatoms. The first kappa shape index (κ1) is 15.7. The van der Waals surface area contributed by atoms with Gasteiger partial charge in [0.25, 0.3) is 5.91 Å². The minimum Gasteiger partial charge on any atom is -0.342 e. The molecule has 0 aliphatic heterocycles. The highest BCUT2D eigenvalue weighted by molar-refractivity contribution is 9.10. The highest BCUT2D eigenvalue weighted by Crippen LogP contribution is 2.19. The molecule has 2 rings (SSSR count). The molecule has 2 aromatic rings. The molecule has 2 amide bonds. The molecular weight excluding hydrogens is 354 g/mol. The van der Waals surface area contributed by atoms with Crippen molar-refractivity contribution in [1.29, 1.82) is 0 Å². The average molecular weight is 368 g/mol. The van der Waals surface area contributed by atoms with Gasteiger partial charge >= 0.3 is 0 Å². The number of hydrogen-bond donors (Lipinski definition) is 2. The molecule has 0 saturated heterocycles. The van der Waals surface area contributed by atoms with E-state index in [0.717, 1.165) is 10.0 Å². The third-order valence-electron chi connectivity index (χ3n) is 2.80. The maximum atomic E-state index is 11.9. The SMILES string of the molecule is Cc1cc(NC(=O)CNC(=O)c2scnc2C)ccc1Br. The van der Waals surface area contributed by atoms with E-state index in [-0.39, 0.29) is 18.4 Å². The fourth-order valence-electron chi connectivity index (χ4n) is 1.69. The molecule has 110 valence electrons. The van der Waals surface area contributed by atoms with Crippen LogP contribution in [0.2, 0.25) is 0 Å². The number of hydrogen-bond acceptors (Lipinski definition) is 4. The van der Waals surface area contributed by atoms with E-state index in [0.29, 0.717) is 16.3 Å². The zero-order chi connectivity index (χ0) is 15.4. The van der Waals surface area contributed by atoms with Crippen LogP contribution in [0.1, 0.15) is 20.9 Å². The number of amides is 2. The summed E-state index contributed by atoms with van der Waals surface area (Å²) < 4.78 is 0.981. The van der Waals surface area contributed by atoms with Crippen LogP contribution in [0, 0.1) is 13.8 Å². The van der Waals surface area contributed by atoms with E-state index < -0.39 is 0 Å². The first-order valence-electron chi connectivity index (χ1n) is 6.21. The van der Waals surface area contributed by atoms with Gasteiger partial charge in [-0.1, -0.05) is 15.9 Å². The second-order valence-corrected chi connectivity index (χ2v) is 6.17. The number of benzene rings is 1. The summed E-state index contributed by atoms with van der Waals surface area (Å²) in [4.78, 5) is 28.2. The summed E-state index contributed by atoms with van der Waals surface area (Å²) in [6.45, 7) is 3.62. The van der Waals surface area contributed by atoms with Crippen LogP contribution in [0.25, 0.3) is 0 Å². The first-order chi connectivity index (χ1) is 9.97. The van der Waals surface area contributed by atoms with Crippen LogP contribution in [0.3, 0.4) is 0 Å². The predicted octanol–water partition coefficient (Wildman–Crippen LogP) is 2.89. The van der Waals surface area contributed by atoms with Gasteiger partial charge in [-0.15, -0.1) is 11.3 Å². The fourth-order valence-corrected chi connectivity index (χ4v) is 2.65. The van der Waals surface area contributed by atoms with Gasteiger partial charge < -0.3 is 10.6 Å². The number of carbonyl (C=O) groups excluding carboxylic acids is 2. The van der Waals surface area contributed by atoms with E-state index >= 15 is 0 Å². The lowest BCUT2D eigenvalue weighted by molar-refractivity contribution is -0.115. The van der Waals surface area contributed by atoms with Crippen LogP contribution in [-0.4, -0.2) is 23.3 Å². The largest absolute Gasteiger partial charge is 0.342 e. The van der Waals surface area contributed by atoms with Crippen LogP contribution in [0.15, 0.2) is 28.2 Å². The van der Waals surface area contributed by atoms with Crippen molar-refractivity contribution in [2.45, 2.75) is 13.8 Å². The summed E-state index contributed by atoms with van der Waals surface area (Å²) in [7, 11) is 0. The Hall–Kier alpha value is -1.73. The molecule has 5 nitrogen and oxygen atoms in total. The van der Waals surface area contributed by atoms with Crippen LogP contribution in [-0.2, 0) is 4.79 Å². The maximum Gasteiger partial charge on any atom is 0.263 e. The summed E-state index contributed by atoms with van der Waals surface area (Å²) in [6.07, 6.45) is 0. The number of carbonyl (C=O) groups is 2. The Morgan fingerprint density at radius 1 is 1.33 bits per heavy atom. The number of aromatic nitrogens is 1. The Balaban J connectivity index is 1.89. The minimum atomic E-state index is -0.280. The molecule has 0 bridgehead atoms. The number of halogens is 1. The molecule has 2 N–H and O–H groups in total. The van der Waals surface area contributed by atoms with E-state index in [1.807, 2.05) is 19.1 Å². The van der Waals surface area contributed by atoms with Gasteiger partial charge in [-0.3, -0.25) is 9.59 Å². The molecular formula is C14H14BrN3O2S. The fraction of sp³-hybridized carbons (Fsp3) is 0.214. The standard InChI is InChI=1S/C14H14BrN3O2S/c1-8-5-10(3-4-11(8)15)18-12(19)6-16-14(20)13-9(2)17-7-21-13/h3-5,7H,6H2,1-2H3,(H,16,20)(H,18,19). The molecule has 0 unspecified atom stereocenters. The van der Waals surface area contributed by atoms with E-state index in [1.54, 1.807) is 18.5 Å². The zero-order valence-corrected chi connectivity index (χ0v) is 14.0. The summed E-state index contributed by atoms with van der Waals surface area (Å²) >= 11 is 4.66. The topological polar surface area (TPSA) is 71.1 Å². The Kier molecular flexibility index (Phi) is 5.08. The Labute approximate surface area is 134 Å². The van der Waals surface area contributed by atoms with Crippen LogP contribution >= 0.6 is 27.3 Å². The van der Waals surface area contributed by atoms with E-state index in [1.165, 1.54) is 11.3 Å². The predicted molar refractivity (Wildman–Crippen MR) is 86.7 cm³/mol. The van der Waals surface area contributed by atoms with Crippen molar-refractivity contribution < 1.29 is 9.59 Å². The lowest BCUT2D eigenvalue weighted by Crippen LogP contribution is -2.32. The zero-order valence-electron chi connectivity index (χ0n) is 11.6. The number of nitrogens with one attached hydrogen (secondary N) is 2. The van der Waals surface area contributed by atoms with Crippen LogP contribution < -0.4 is 10.6 Å². The molecule has 21 heavy (non-hydrogen) atoms. The van der Waals surface area contributed by atoms with Gasteiger partial charge in [-0.25, -0.2) is 4.98 Å². The summed E-state index contributed by atoms with van der Waals surface area (Å²) in [5.74, 6) is -0.552. The molecule has 1 aromatic heterocycles. The Bertz CT molecular complexity index is 685. The van der Waals surface area contributed by atoms with Crippen molar-refractivity contribution in [2.24, 2.45) is 0 Å². The molecule has 0 fully saturated rings. The smallest absolute Gasteiger partial charge is 0.263 e. The van der Waals surface area contributed by atoms with E-state index in [9.17, 15) is 9.59 Å². The normalized spacial score (nSPS) is 10.2. The number of aryl methyl sites for hydroxylation is 2. The molecule has 0 aliphatic carbocycles. The van der Waals surface area contributed by atoms with Crippen molar-refractivity contribution in [3.05, 3.63) is 44.3 Å². The third kappa shape index (κ3) is 4.12. The lowest BCUT2D eigenvalue weighted by atomic mass is 10.2. The molecule has 0 aliphatic rings. The van der Waals surface area contributed by atoms with Gasteiger partial charge in [0.05, 0.1) is 17.7 Å². The highest BCUT2D eigenvalue weighted by atomic mass is 79.9. The molecule has 0 radical (unpaired) electrons. The first-order valence-corrected chi connectivity index (χ1v) is 7.89. The summed E-state index contributed by atoms with van der Waals surface area (Å²) in [5, 5.41) is 5.32. The van der Waals surface area contributed by atoms with Gasteiger partial charge in [0, 0.05) is 10.2 Å². The van der Waals surface area contributed by atoms with Gasteiger partial charge in [0.1, 0.15) is 4.88 Å². The van der Waals surface area contributed by atoms with Gasteiger partial charge in [-0.05, 0) is 37.6 Å². The van der Waals surface area contributed by atoms with Crippen LogP contribution in [0.4, 0.5) is 5.69 Å². The molecule has 0 saturated carbocycles. The van der Waals surface area contributed by atoms with Crippen LogP contribution in [0.5, 0.6) is 0 Å². The summed E-state index contributed by atoms with van der Waals surface area (Å²) in [6, 6.07) is 5.52. The van der Waals surface area contributed by atoms with Crippen molar-refractivity contribution in [3.8, 4) is 0 Å². The number of rotatable bonds is 4. The Morgan fingerprint density at radius 3 is 2.71 bits per heavy atom. The quantitative estimate of drug-likeness (QED) is 0.872. The monoisotopic (exact) mass is 367 g/mol. The maximum absolute atomic E-state index is 11.9. The summed E-state index contributed by atoms with van der Waals surface area (Å²) in [5.41, 5.74) is 4.00. The van der Waals surface area contributed by atoms with Gasteiger partial charge in [-0.2, -0.15) is 0 Å². The van der Waals surface area contributed by atoms with Gasteiger partial charge in [0.15, 0.2) is 0 Å². The number of thiazole rings is 1. The van der Waals surface area contributed by atoms with Crippen molar-refractivity contribution in [2.75, 3.05) is 11.9 Å².